The molecule has 0 saturated heterocycles. The Labute approximate surface area is 123 Å². The Hall–Kier alpha value is -0.470. The highest BCUT2D eigenvalue weighted by Gasteiger charge is 2.09. The zero-order valence-electron chi connectivity index (χ0n) is 13.1. The summed E-state index contributed by atoms with van der Waals surface area (Å²) in [5.74, 6) is 3.25. The normalized spacial score (nSPS) is 12.9. The topological polar surface area (TPSA) is 12.0 Å². The van der Waals surface area contributed by atoms with Crippen LogP contribution in [0.4, 0.5) is 0 Å². The maximum Gasteiger partial charge on any atom is 0.0198 e. The zero-order chi connectivity index (χ0) is 14.3. The summed E-state index contributed by atoms with van der Waals surface area (Å²) in [7, 11) is 0. The van der Waals surface area contributed by atoms with Crippen molar-refractivity contribution in [3.63, 3.8) is 0 Å². The lowest BCUT2D eigenvalue weighted by molar-refractivity contribution is 0.571. The minimum atomic E-state index is 0.593. The van der Waals surface area contributed by atoms with Crippen LogP contribution in [0, 0.1) is 19.8 Å². The smallest absolute Gasteiger partial charge is 0.0198 e. The first-order valence-corrected chi connectivity index (χ1v) is 8.55. The molecule has 0 aromatic heterocycles. The van der Waals surface area contributed by atoms with E-state index >= 15 is 0 Å². The van der Waals surface area contributed by atoms with Gasteiger partial charge in [-0.2, -0.15) is 11.8 Å². The quantitative estimate of drug-likeness (QED) is 0.765. The number of rotatable bonds is 8. The van der Waals surface area contributed by atoms with Gasteiger partial charge in [0.1, 0.15) is 0 Å². The fraction of sp³-hybridized carbons (Fsp3) is 0.647. The largest absolute Gasteiger partial charge is 0.313 e. The fourth-order valence-corrected chi connectivity index (χ4v) is 3.52. The van der Waals surface area contributed by atoms with E-state index in [-0.39, 0.29) is 0 Å². The van der Waals surface area contributed by atoms with Gasteiger partial charge in [0.05, 0.1) is 0 Å². The van der Waals surface area contributed by atoms with E-state index in [1.165, 1.54) is 28.2 Å². The number of hydrogen-bond donors (Lipinski definition) is 1. The van der Waals surface area contributed by atoms with Gasteiger partial charge in [0, 0.05) is 11.8 Å². The average molecular weight is 279 g/mol. The minimum Gasteiger partial charge on any atom is -0.313 e. The first kappa shape index (κ1) is 16.6. The maximum atomic E-state index is 3.62. The van der Waals surface area contributed by atoms with E-state index < -0.39 is 0 Å². The molecule has 1 nitrogen and oxygen atoms in total. The van der Waals surface area contributed by atoms with Crippen molar-refractivity contribution in [3.8, 4) is 0 Å². The predicted octanol–water partition coefficient (Wildman–Crippen LogP) is 4.21. The van der Waals surface area contributed by atoms with Crippen molar-refractivity contribution >= 4 is 11.8 Å². The summed E-state index contributed by atoms with van der Waals surface area (Å²) in [5, 5.41) is 3.62. The SMILES string of the molecule is CCNC(CSCC(C)C)Cc1cc(C)cc(C)c1. The molecule has 0 aliphatic rings. The zero-order valence-corrected chi connectivity index (χ0v) is 13.9. The molecule has 0 bridgehead atoms. The van der Waals surface area contributed by atoms with Gasteiger partial charge in [-0.25, -0.2) is 0 Å². The number of nitrogens with one attached hydrogen (secondary N) is 1. The van der Waals surface area contributed by atoms with E-state index in [0.717, 1.165) is 18.9 Å². The van der Waals surface area contributed by atoms with Gasteiger partial charge in [-0.3, -0.25) is 0 Å². The summed E-state index contributed by atoms with van der Waals surface area (Å²) in [6, 6.07) is 7.49. The minimum absolute atomic E-state index is 0.593. The molecule has 0 spiro atoms. The second-order valence-corrected chi connectivity index (χ2v) is 6.96. The summed E-state index contributed by atoms with van der Waals surface area (Å²) in [6.45, 7) is 12.2. The molecular weight excluding hydrogens is 250 g/mol. The Morgan fingerprint density at radius 2 is 1.68 bits per heavy atom. The Balaban J connectivity index is 2.56. The number of hydrogen-bond acceptors (Lipinski definition) is 2. The highest BCUT2D eigenvalue weighted by atomic mass is 32.2. The molecule has 1 atom stereocenters. The number of aryl methyl sites for hydroxylation is 2. The number of thioether (sulfide) groups is 1. The molecule has 1 N–H and O–H groups in total. The second-order valence-electron chi connectivity index (χ2n) is 5.89. The molecule has 19 heavy (non-hydrogen) atoms. The van der Waals surface area contributed by atoms with Gasteiger partial charge < -0.3 is 5.32 Å². The van der Waals surface area contributed by atoms with Crippen LogP contribution in [0.5, 0.6) is 0 Å². The first-order valence-electron chi connectivity index (χ1n) is 7.39. The van der Waals surface area contributed by atoms with Crippen molar-refractivity contribution in [1.82, 2.24) is 5.32 Å². The lowest BCUT2D eigenvalue weighted by Gasteiger charge is -2.19. The highest BCUT2D eigenvalue weighted by Crippen LogP contribution is 2.15. The van der Waals surface area contributed by atoms with Crippen LogP contribution in [0.25, 0.3) is 0 Å². The van der Waals surface area contributed by atoms with Crippen LogP contribution in [-0.4, -0.2) is 24.1 Å². The molecule has 0 heterocycles. The number of benzene rings is 1. The van der Waals surface area contributed by atoms with Crippen molar-refractivity contribution < 1.29 is 0 Å². The molecule has 1 unspecified atom stereocenters. The molecule has 0 radical (unpaired) electrons. The van der Waals surface area contributed by atoms with E-state index in [1.807, 2.05) is 0 Å². The standard InChI is InChI=1S/C17H29NS/c1-6-18-17(12-19-11-13(2)3)10-16-8-14(4)7-15(5)9-16/h7-9,13,17-18H,6,10-12H2,1-5H3. The molecule has 1 rings (SSSR count). The Bertz CT molecular complexity index is 353. The molecule has 2 heteroatoms. The molecule has 0 aliphatic heterocycles. The van der Waals surface area contributed by atoms with Gasteiger partial charge in [-0.1, -0.05) is 50.1 Å². The molecule has 0 amide bonds. The number of likely N-dealkylation sites (N-methyl/N-ethyl adjacent to an activating group) is 1. The van der Waals surface area contributed by atoms with E-state index in [1.54, 1.807) is 0 Å². The third kappa shape index (κ3) is 7.03. The summed E-state index contributed by atoms with van der Waals surface area (Å²) in [5.41, 5.74) is 4.22. The van der Waals surface area contributed by atoms with E-state index in [0.29, 0.717) is 6.04 Å². The molecule has 108 valence electrons. The van der Waals surface area contributed by atoms with Gasteiger partial charge in [0.15, 0.2) is 0 Å². The lowest BCUT2D eigenvalue weighted by atomic mass is 10.0. The van der Waals surface area contributed by atoms with E-state index in [9.17, 15) is 0 Å². The van der Waals surface area contributed by atoms with Crippen LogP contribution < -0.4 is 5.32 Å². The van der Waals surface area contributed by atoms with Crippen LogP contribution in [0.1, 0.15) is 37.5 Å². The third-order valence-electron chi connectivity index (χ3n) is 3.03. The highest BCUT2D eigenvalue weighted by molar-refractivity contribution is 7.99. The maximum absolute atomic E-state index is 3.62. The van der Waals surface area contributed by atoms with Crippen molar-refractivity contribution in [3.05, 3.63) is 34.9 Å². The van der Waals surface area contributed by atoms with Crippen LogP contribution >= 0.6 is 11.8 Å². The van der Waals surface area contributed by atoms with Crippen molar-refractivity contribution in [2.45, 2.75) is 47.1 Å². The second kappa shape index (κ2) is 8.65. The van der Waals surface area contributed by atoms with Crippen LogP contribution in [0.15, 0.2) is 18.2 Å². The van der Waals surface area contributed by atoms with Gasteiger partial charge in [-0.15, -0.1) is 0 Å². The monoisotopic (exact) mass is 279 g/mol. The summed E-state index contributed by atoms with van der Waals surface area (Å²) < 4.78 is 0. The molecule has 0 aliphatic carbocycles. The van der Waals surface area contributed by atoms with Crippen molar-refractivity contribution in [2.75, 3.05) is 18.1 Å². The lowest BCUT2D eigenvalue weighted by Crippen LogP contribution is -2.33. The molecule has 1 aromatic rings. The Kier molecular flexibility index (Phi) is 7.55. The van der Waals surface area contributed by atoms with Gasteiger partial charge >= 0.3 is 0 Å². The van der Waals surface area contributed by atoms with Crippen LogP contribution in [-0.2, 0) is 6.42 Å². The van der Waals surface area contributed by atoms with Crippen LogP contribution in [0.2, 0.25) is 0 Å². The summed E-state index contributed by atoms with van der Waals surface area (Å²) in [4.78, 5) is 0. The van der Waals surface area contributed by atoms with E-state index in [2.05, 4.69) is 69.9 Å². The van der Waals surface area contributed by atoms with Crippen molar-refractivity contribution in [2.24, 2.45) is 5.92 Å². The van der Waals surface area contributed by atoms with Crippen LogP contribution in [0.3, 0.4) is 0 Å². The Morgan fingerprint density at radius 3 is 2.21 bits per heavy atom. The average Bonchev–Trinajstić information content (AvgIpc) is 2.27. The summed E-state index contributed by atoms with van der Waals surface area (Å²) in [6.07, 6.45) is 1.14. The van der Waals surface area contributed by atoms with E-state index in [4.69, 9.17) is 0 Å². The molecule has 0 saturated carbocycles. The molecular formula is C17H29NS. The molecule has 1 aromatic carbocycles. The van der Waals surface area contributed by atoms with Gasteiger partial charge in [0.2, 0.25) is 0 Å². The Morgan fingerprint density at radius 1 is 1.05 bits per heavy atom. The molecule has 0 fully saturated rings. The fourth-order valence-electron chi connectivity index (χ4n) is 2.40. The predicted molar refractivity (Wildman–Crippen MR) is 89.2 cm³/mol. The van der Waals surface area contributed by atoms with Crippen molar-refractivity contribution in [1.29, 1.82) is 0 Å². The summed E-state index contributed by atoms with van der Waals surface area (Å²) >= 11 is 2.07. The van der Waals surface area contributed by atoms with Gasteiger partial charge in [0.25, 0.3) is 0 Å². The van der Waals surface area contributed by atoms with Gasteiger partial charge in [-0.05, 0) is 44.0 Å². The first-order chi connectivity index (χ1) is 9.01. The third-order valence-corrected chi connectivity index (χ3v) is 4.57.